The zero-order valence-corrected chi connectivity index (χ0v) is 11.6. The second-order valence-electron chi connectivity index (χ2n) is 6.27. The Bertz CT molecular complexity index is 417. The number of fused-ring (bicyclic) bond motifs is 1. The summed E-state index contributed by atoms with van der Waals surface area (Å²) in [6.45, 7) is 0.127. The molecule has 19 heavy (non-hydrogen) atoms. The number of hydrogen-bond acceptors (Lipinski definition) is 2. The van der Waals surface area contributed by atoms with E-state index in [1.165, 1.54) is 44.9 Å². The molecule has 3 unspecified atom stereocenters. The van der Waals surface area contributed by atoms with E-state index in [0.717, 1.165) is 23.1 Å². The largest absolute Gasteiger partial charge is 0.392 e. The van der Waals surface area contributed by atoms with Gasteiger partial charge in [-0.2, -0.15) is 0 Å². The lowest BCUT2D eigenvalue weighted by molar-refractivity contribution is 0.162. The predicted octanol–water partition coefficient (Wildman–Crippen LogP) is 3.95. The van der Waals surface area contributed by atoms with Crippen LogP contribution in [-0.2, 0) is 6.61 Å². The summed E-state index contributed by atoms with van der Waals surface area (Å²) in [7, 11) is 0. The number of aliphatic hydroxyl groups is 1. The van der Waals surface area contributed by atoms with Gasteiger partial charge in [-0.1, -0.05) is 43.9 Å². The van der Waals surface area contributed by atoms with Crippen molar-refractivity contribution in [3.05, 3.63) is 29.8 Å². The number of benzene rings is 1. The molecule has 104 valence electrons. The Morgan fingerprint density at radius 2 is 1.79 bits per heavy atom. The van der Waals surface area contributed by atoms with Gasteiger partial charge in [0, 0.05) is 17.3 Å². The molecule has 1 aromatic rings. The molecule has 2 aliphatic carbocycles. The summed E-state index contributed by atoms with van der Waals surface area (Å²) in [5.74, 6) is 1.95. The summed E-state index contributed by atoms with van der Waals surface area (Å²) in [4.78, 5) is 0. The van der Waals surface area contributed by atoms with Crippen molar-refractivity contribution >= 4 is 5.69 Å². The molecule has 0 saturated heterocycles. The minimum absolute atomic E-state index is 0.127. The first kappa shape index (κ1) is 13.0. The zero-order chi connectivity index (χ0) is 13.1. The number of nitrogens with one attached hydrogen (secondary N) is 1. The summed E-state index contributed by atoms with van der Waals surface area (Å²) in [6.07, 6.45) is 9.79. The fourth-order valence-corrected chi connectivity index (χ4v) is 4.02. The number of hydrogen-bond donors (Lipinski definition) is 2. The topological polar surface area (TPSA) is 32.3 Å². The second-order valence-corrected chi connectivity index (χ2v) is 6.27. The molecule has 3 atom stereocenters. The molecule has 0 bridgehead atoms. The molecule has 0 radical (unpaired) electrons. The standard InChI is InChI=1S/C17H25NO/c19-12-15-7-3-4-8-17(15)18-16-10-9-13-5-1-2-6-14(13)11-16/h3-4,7-8,13-14,16,18-19H,1-2,5-6,9-12H2. The van der Waals surface area contributed by atoms with Crippen LogP contribution >= 0.6 is 0 Å². The normalized spacial score (nSPS) is 30.7. The van der Waals surface area contributed by atoms with Gasteiger partial charge in [0.2, 0.25) is 0 Å². The maximum atomic E-state index is 9.40. The Balaban J connectivity index is 1.64. The van der Waals surface area contributed by atoms with Crippen LogP contribution in [0.25, 0.3) is 0 Å². The van der Waals surface area contributed by atoms with Gasteiger partial charge in [-0.05, 0) is 37.2 Å². The molecule has 2 N–H and O–H groups in total. The molecule has 1 aromatic carbocycles. The van der Waals surface area contributed by atoms with Crippen molar-refractivity contribution in [2.75, 3.05) is 5.32 Å². The molecule has 0 spiro atoms. The average molecular weight is 259 g/mol. The van der Waals surface area contributed by atoms with E-state index in [9.17, 15) is 5.11 Å². The summed E-state index contributed by atoms with van der Waals surface area (Å²) >= 11 is 0. The predicted molar refractivity (Wildman–Crippen MR) is 79.1 cm³/mol. The third kappa shape index (κ3) is 2.94. The summed E-state index contributed by atoms with van der Waals surface area (Å²) in [6, 6.07) is 8.75. The van der Waals surface area contributed by atoms with Gasteiger partial charge < -0.3 is 10.4 Å². The molecular weight excluding hydrogens is 234 g/mol. The van der Waals surface area contributed by atoms with Crippen molar-refractivity contribution in [1.82, 2.24) is 0 Å². The van der Waals surface area contributed by atoms with Crippen LogP contribution in [0.1, 0.15) is 50.5 Å². The molecule has 2 nitrogen and oxygen atoms in total. The molecule has 0 aliphatic heterocycles. The van der Waals surface area contributed by atoms with Crippen molar-refractivity contribution in [3.8, 4) is 0 Å². The van der Waals surface area contributed by atoms with Crippen LogP contribution in [0.2, 0.25) is 0 Å². The van der Waals surface area contributed by atoms with Crippen molar-refractivity contribution in [1.29, 1.82) is 0 Å². The van der Waals surface area contributed by atoms with Crippen molar-refractivity contribution < 1.29 is 5.11 Å². The Kier molecular flexibility index (Phi) is 4.07. The first-order valence-electron chi connectivity index (χ1n) is 7.82. The van der Waals surface area contributed by atoms with E-state index in [4.69, 9.17) is 0 Å². The third-order valence-electron chi connectivity index (χ3n) is 5.09. The molecule has 2 heteroatoms. The van der Waals surface area contributed by atoms with Crippen LogP contribution in [0.3, 0.4) is 0 Å². The Labute approximate surface area is 116 Å². The molecule has 2 aliphatic rings. The summed E-state index contributed by atoms with van der Waals surface area (Å²) < 4.78 is 0. The van der Waals surface area contributed by atoms with Gasteiger partial charge in [0.15, 0.2) is 0 Å². The van der Waals surface area contributed by atoms with E-state index >= 15 is 0 Å². The summed E-state index contributed by atoms with van der Waals surface area (Å²) in [5.41, 5.74) is 2.15. The summed E-state index contributed by atoms with van der Waals surface area (Å²) in [5, 5.41) is 13.1. The number of aliphatic hydroxyl groups excluding tert-OH is 1. The smallest absolute Gasteiger partial charge is 0.0701 e. The number of rotatable bonds is 3. The number of anilines is 1. The van der Waals surface area contributed by atoms with E-state index in [1.807, 2.05) is 18.2 Å². The van der Waals surface area contributed by atoms with E-state index in [1.54, 1.807) is 0 Å². The molecule has 0 heterocycles. The Morgan fingerprint density at radius 1 is 1.00 bits per heavy atom. The number of para-hydroxylation sites is 1. The maximum Gasteiger partial charge on any atom is 0.0701 e. The minimum atomic E-state index is 0.127. The van der Waals surface area contributed by atoms with Gasteiger partial charge >= 0.3 is 0 Å². The van der Waals surface area contributed by atoms with Crippen LogP contribution in [0, 0.1) is 11.8 Å². The van der Waals surface area contributed by atoms with Crippen LogP contribution < -0.4 is 5.32 Å². The minimum Gasteiger partial charge on any atom is -0.392 e. The fraction of sp³-hybridized carbons (Fsp3) is 0.647. The molecular formula is C17H25NO. The lowest BCUT2D eigenvalue weighted by Gasteiger charge is -2.40. The van der Waals surface area contributed by atoms with Gasteiger partial charge in [0.25, 0.3) is 0 Å². The SMILES string of the molecule is OCc1ccccc1NC1CCC2CCCCC2C1. The molecule has 3 rings (SSSR count). The van der Waals surface area contributed by atoms with Crippen molar-refractivity contribution in [2.24, 2.45) is 11.8 Å². The van der Waals surface area contributed by atoms with Gasteiger partial charge in [-0.3, -0.25) is 0 Å². The fourth-order valence-electron chi connectivity index (χ4n) is 4.02. The molecule has 0 aromatic heterocycles. The quantitative estimate of drug-likeness (QED) is 0.861. The van der Waals surface area contributed by atoms with Gasteiger partial charge in [0.05, 0.1) is 6.61 Å². The van der Waals surface area contributed by atoms with E-state index in [2.05, 4.69) is 11.4 Å². The van der Waals surface area contributed by atoms with Crippen molar-refractivity contribution in [2.45, 2.75) is 57.6 Å². The van der Waals surface area contributed by atoms with E-state index in [0.29, 0.717) is 6.04 Å². The average Bonchev–Trinajstić information content (AvgIpc) is 2.48. The first-order chi connectivity index (χ1) is 9.36. The Morgan fingerprint density at radius 3 is 2.63 bits per heavy atom. The van der Waals surface area contributed by atoms with Crippen molar-refractivity contribution in [3.63, 3.8) is 0 Å². The highest BCUT2D eigenvalue weighted by Crippen LogP contribution is 2.41. The molecule has 2 saturated carbocycles. The van der Waals surface area contributed by atoms with E-state index in [-0.39, 0.29) is 6.61 Å². The molecule has 0 amide bonds. The van der Waals surface area contributed by atoms with Gasteiger partial charge in [-0.15, -0.1) is 0 Å². The maximum absolute atomic E-state index is 9.40. The molecule has 2 fully saturated rings. The van der Waals surface area contributed by atoms with Gasteiger partial charge in [-0.25, -0.2) is 0 Å². The van der Waals surface area contributed by atoms with Crippen LogP contribution in [0.4, 0.5) is 5.69 Å². The zero-order valence-electron chi connectivity index (χ0n) is 11.6. The van der Waals surface area contributed by atoms with Crippen LogP contribution in [0.5, 0.6) is 0 Å². The van der Waals surface area contributed by atoms with Gasteiger partial charge in [0.1, 0.15) is 0 Å². The third-order valence-corrected chi connectivity index (χ3v) is 5.09. The highest BCUT2D eigenvalue weighted by Gasteiger charge is 2.32. The highest BCUT2D eigenvalue weighted by molar-refractivity contribution is 5.51. The monoisotopic (exact) mass is 259 g/mol. The van der Waals surface area contributed by atoms with E-state index < -0.39 is 0 Å². The van der Waals surface area contributed by atoms with Crippen LogP contribution in [-0.4, -0.2) is 11.1 Å². The van der Waals surface area contributed by atoms with Crippen LogP contribution in [0.15, 0.2) is 24.3 Å². The lowest BCUT2D eigenvalue weighted by atomic mass is 9.69. The Hall–Kier alpha value is -1.02. The highest BCUT2D eigenvalue weighted by atomic mass is 16.3. The lowest BCUT2D eigenvalue weighted by Crippen LogP contribution is -2.34. The second kappa shape index (κ2) is 5.96. The first-order valence-corrected chi connectivity index (χ1v) is 7.82.